The van der Waals surface area contributed by atoms with Gasteiger partial charge in [0.05, 0.1) is 35.1 Å². The Labute approximate surface area is 188 Å². The molecule has 1 atom stereocenters. The topological polar surface area (TPSA) is 112 Å². The van der Waals surface area contributed by atoms with Crippen molar-refractivity contribution in [1.29, 1.82) is 10.5 Å². The number of rotatable bonds is 4. The molecule has 156 valence electrons. The van der Waals surface area contributed by atoms with Gasteiger partial charge in [0.25, 0.3) is 0 Å². The lowest BCUT2D eigenvalue weighted by atomic mass is 10.1. The molecule has 3 aromatic heterocycles. The van der Waals surface area contributed by atoms with Crippen LogP contribution in [0.25, 0.3) is 16.6 Å². The maximum absolute atomic E-state index is 11.5. The number of nitriles is 2. The van der Waals surface area contributed by atoms with Crippen LogP contribution in [0.3, 0.4) is 0 Å². The molecule has 0 aliphatic carbocycles. The minimum Gasteiger partial charge on any atom is -0.354 e. The quantitative estimate of drug-likeness (QED) is 0.520. The van der Waals surface area contributed by atoms with Crippen LogP contribution in [0.5, 0.6) is 0 Å². The molecule has 1 saturated heterocycles. The average molecular weight is 440 g/mol. The fourth-order valence-electron chi connectivity index (χ4n) is 3.80. The van der Waals surface area contributed by atoms with Gasteiger partial charge in [-0.1, -0.05) is 23.9 Å². The third-order valence-electron chi connectivity index (χ3n) is 5.47. The number of pyridine rings is 1. The summed E-state index contributed by atoms with van der Waals surface area (Å²) in [6.45, 7) is 0.565. The molecule has 4 aromatic rings. The molecule has 5 rings (SSSR count). The molecule has 1 amide bonds. The Morgan fingerprint density at radius 2 is 1.88 bits per heavy atom. The number of aromatic nitrogens is 4. The van der Waals surface area contributed by atoms with E-state index in [0.29, 0.717) is 29.6 Å². The molecule has 9 heteroatoms. The van der Waals surface area contributed by atoms with Crippen molar-refractivity contribution in [3.8, 4) is 23.3 Å². The van der Waals surface area contributed by atoms with E-state index < -0.39 is 0 Å². The van der Waals surface area contributed by atoms with Crippen LogP contribution < -0.4 is 5.32 Å². The Bertz CT molecular complexity index is 1410. The van der Waals surface area contributed by atoms with Crippen molar-refractivity contribution in [2.24, 2.45) is 0 Å². The zero-order valence-corrected chi connectivity index (χ0v) is 17.7. The highest BCUT2D eigenvalue weighted by Gasteiger charge is 2.21. The van der Waals surface area contributed by atoms with E-state index in [2.05, 4.69) is 27.7 Å². The minimum atomic E-state index is 0.0744. The molecule has 1 fully saturated rings. The van der Waals surface area contributed by atoms with E-state index in [1.165, 1.54) is 11.8 Å². The third kappa shape index (κ3) is 3.59. The number of carbonyl (C=O) groups is 1. The average Bonchev–Trinajstić information content (AvgIpc) is 3.47. The lowest BCUT2D eigenvalue weighted by molar-refractivity contribution is -0.122. The lowest BCUT2D eigenvalue weighted by Gasteiger charge is -2.22. The summed E-state index contributed by atoms with van der Waals surface area (Å²) in [6.07, 6.45) is 8.44. The van der Waals surface area contributed by atoms with E-state index in [4.69, 9.17) is 0 Å². The van der Waals surface area contributed by atoms with E-state index in [1.54, 1.807) is 23.0 Å². The van der Waals surface area contributed by atoms with Gasteiger partial charge < -0.3 is 5.32 Å². The molecule has 0 spiro atoms. The Kier molecular flexibility index (Phi) is 5.10. The Balaban J connectivity index is 1.56. The normalized spacial score (nSPS) is 15.8. The van der Waals surface area contributed by atoms with Crippen molar-refractivity contribution < 1.29 is 4.79 Å². The first-order valence-corrected chi connectivity index (χ1v) is 10.9. The van der Waals surface area contributed by atoms with Crippen molar-refractivity contribution in [3.63, 3.8) is 0 Å². The minimum absolute atomic E-state index is 0.0744. The lowest BCUT2D eigenvalue weighted by Crippen LogP contribution is -2.36. The first kappa shape index (κ1) is 19.9. The van der Waals surface area contributed by atoms with Gasteiger partial charge in [0.15, 0.2) is 0 Å². The zero-order chi connectivity index (χ0) is 22.1. The number of nitrogens with one attached hydrogen (secondary N) is 1. The molecule has 0 unspecified atom stereocenters. The van der Waals surface area contributed by atoms with E-state index in [-0.39, 0.29) is 11.9 Å². The van der Waals surface area contributed by atoms with E-state index >= 15 is 0 Å². The van der Waals surface area contributed by atoms with Crippen LogP contribution in [0.4, 0.5) is 0 Å². The fraction of sp³-hybridized carbons (Fsp3) is 0.174. The van der Waals surface area contributed by atoms with Gasteiger partial charge in [-0.25, -0.2) is 4.52 Å². The Hall–Kier alpha value is -4.08. The smallest absolute Gasteiger partial charge is 0.220 e. The van der Waals surface area contributed by atoms with Crippen molar-refractivity contribution in [2.45, 2.75) is 28.7 Å². The van der Waals surface area contributed by atoms with Crippen LogP contribution in [0.1, 0.15) is 30.0 Å². The van der Waals surface area contributed by atoms with Crippen molar-refractivity contribution >= 4 is 23.2 Å². The summed E-state index contributed by atoms with van der Waals surface area (Å²) in [5.41, 5.74) is 3.56. The Morgan fingerprint density at radius 1 is 1.03 bits per heavy atom. The van der Waals surface area contributed by atoms with Gasteiger partial charge in [-0.2, -0.15) is 20.7 Å². The number of amides is 1. The highest BCUT2D eigenvalue weighted by Crippen LogP contribution is 2.37. The van der Waals surface area contributed by atoms with Crippen LogP contribution >= 0.6 is 11.8 Å². The van der Waals surface area contributed by atoms with E-state index in [9.17, 15) is 15.3 Å². The van der Waals surface area contributed by atoms with Gasteiger partial charge in [0.1, 0.15) is 12.1 Å². The van der Waals surface area contributed by atoms with Crippen LogP contribution in [0, 0.1) is 22.7 Å². The zero-order valence-electron chi connectivity index (χ0n) is 16.9. The van der Waals surface area contributed by atoms with Gasteiger partial charge in [0, 0.05) is 46.3 Å². The number of nitrogens with zero attached hydrogens (tertiary/aromatic N) is 6. The molecule has 0 radical (unpaired) electrons. The predicted octanol–water partition coefficient (Wildman–Crippen LogP) is 3.54. The molecular weight excluding hydrogens is 422 g/mol. The number of piperidine rings is 1. The van der Waals surface area contributed by atoms with Gasteiger partial charge in [-0.3, -0.25) is 9.48 Å². The predicted molar refractivity (Wildman–Crippen MR) is 118 cm³/mol. The molecule has 0 bridgehead atoms. The molecular formula is C23H17N7OS. The molecule has 8 nitrogen and oxygen atoms in total. The summed E-state index contributed by atoms with van der Waals surface area (Å²) >= 11 is 1.44. The summed E-state index contributed by atoms with van der Waals surface area (Å²) < 4.78 is 3.59. The summed E-state index contributed by atoms with van der Waals surface area (Å²) in [7, 11) is 0. The number of benzene rings is 1. The highest BCUT2D eigenvalue weighted by atomic mass is 32.2. The maximum atomic E-state index is 11.5. The number of hydrogen-bond donors (Lipinski definition) is 1. The van der Waals surface area contributed by atoms with Crippen LogP contribution in [-0.2, 0) is 4.79 Å². The second-order valence-electron chi connectivity index (χ2n) is 7.47. The van der Waals surface area contributed by atoms with E-state index in [0.717, 1.165) is 27.3 Å². The number of fused-ring (bicyclic) bond motifs is 1. The van der Waals surface area contributed by atoms with Gasteiger partial charge in [-0.15, -0.1) is 0 Å². The molecule has 1 aliphatic rings. The standard InChI is InChI=1S/C23H17N7OS/c24-8-15-3-1-2-4-20(15)32-21-7-16(13-30-23(21)17(9-25)10-28-30)18-11-27-29(14-18)19-5-6-22(31)26-12-19/h1-4,7,10-11,13-14,19H,5-6,12H2,(H,26,31)/t19-/m1/s1. The second kappa shape index (κ2) is 8.22. The first-order chi connectivity index (χ1) is 15.7. The molecule has 1 aliphatic heterocycles. The maximum Gasteiger partial charge on any atom is 0.220 e. The van der Waals surface area contributed by atoms with Crippen LogP contribution in [0.15, 0.2) is 64.9 Å². The van der Waals surface area contributed by atoms with Crippen molar-refractivity contribution in [3.05, 3.63) is 66.2 Å². The molecule has 32 heavy (non-hydrogen) atoms. The molecule has 4 heterocycles. The van der Waals surface area contributed by atoms with Gasteiger partial charge in [-0.05, 0) is 24.6 Å². The SMILES string of the molecule is N#Cc1ccccc1Sc1cc(-c2cnn([C@@H]3CCC(=O)NC3)c2)cn2ncc(C#N)c12. The molecule has 1 aromatic carbocycles. The second-order valence-corrected chi connectivity index (χ2v) is 8.56. The summed E-state index contributed by atoms with van der Waals surface area (Å²) in [5, 5.41) is 30.8. The molecule has 1 N–H and O–H groups in total. The van der Waals surface area contributed by atoms with Crippen molar-refractivity contribution in [2.75, 3.05) is 6.54 Å². The monoisotopic (exact) mass is 439 g/mol. The summed E-state index contributed by atoms with van der Waals surface area (Å²) in [4.78, 5) is 13.1. The summed E-state index contributed by atoms with van der Waals surface area (Å²) in [5.74, 6) is 0.0744. The van der Waals surface area contributed by atoms with Gasteiger partial charge in [0.2, 0.25) is 5.91 Å². The highest BCUT2D eigenvalue weighted by molar-refractivity contribution is 7.99. The van der Waals surface area contributed by atoms with Gasteiger partial charge >= 0.3 is 0 Å². The largest absolute Gasteiger partial charge is 0.354 e. The number of carbonyl (C=O) groups excluding carboxylic acids is 1. The number of hydrogen-bond acceptors (Lipinski definition) is 6. The third-order valence-corrected chi connectivity index (χ3v) is 6.58. The van der Waals surface area contributed by atoms with Crippen LogP contribution in [-0.4, -0.2) is 31.8 Å². The summed E-state index contributed by atoms with van der Waals surface area (Å²) in [6, 6.07) is 13.9. The van der Waals surface area contributed by atoms with Crippen LogP contribution in [0.2, 0.25) is 0 Å². The molecule has 0 saturated carbocycles. The first-order valence-electron chi connectivity index (χ1n) is 10.1. The fourth-order valence-corrected chi connectivity index (χ4v) is 4.89. The van der Waals surface area contributed by atoms with Crippen molar-refractivity contribution in [1.82, 2.24) is 24.7 Å². The Morgan fingerprint density at radius 3 is 2.66 bits per heavy atom. The van der Waals surface area contributed by atoms with E-state index in [1.807, 2.05) is 41.3 Å².